The van der Waals surface area contributed by atoms with Crippen LogP contribution in [0.4, 0.5) is 11.5 Å². The zero-order chi connectivity index (χ0) is 29.1. The van der Waals surface area contributed by atoms with Gasteiger partial charge < -0.3 is 20.3 Å². The third-order valence-electron chi connectivity index (χ3n) is 6.75. The van der Waals surface area contributed by atoms with Gasteiger partial charge in [0.05, 0.1) is 29.4 Å². The zero-order valence-corrected chi connectivity index (χ0v) is 24.4. The quantitative estimate of drug-likeness (QED) is 0.272. The van der Waals surface area contributed by atoms with Crippen LogP contribution < -0.4 is 20.3 Å². The van der Waals surface area contributed by atoms with E-state index in [0.29, 0.717) is 46.3 Å². The SMILES string of the molecule is COc1cncc(-c2nc(N3CCC3)c3ccc(NC(=O)c4cc(CNC(=O)CC(C)(C)C)ccc4Cl)cc3n2)c1. The number of benzene rings is 2. The predicted octanol–water partition coefficient (Wildman–Crippen LogP) is 5.87. The summed E-state index contributed by atoms with van der Waals surface area (Å²) >= 11 is 6.40. The van der Waals surface area contributed by atoms with E-state index in [0.717, 1.165) is 41.8 Å². The molecule has 4 aromatic rings. The van der Waals surface area contributed by atoms with E-state index in [4.69, 9.17) is 26.3 Å². The molecule has 1 aliphatic rings. The Hall–Kier alpha value is -4.24. The molecule has 9 nitrogen and oxygen atoms in total. The minimum atomic E-state index is -0.355. The van der Waals surface area contributed by atoms with Crippen molar-refractivity contribution in [3.63, 3.8) is 0 Å². The van der Waals surface area contributed by atoms with E-state index in [2.05, 4.69) is 20.5 Å². The summed E-state index contributed by atoms with van der Waals surface area (Å²) in [5, 5.41) is 7.09. The van der Waals surface area contributed by atoms with Crippen LogP contribution in [0.2, 0.25) is 5.02 Å². The Morgan fingerprint density at radius 2 is 1.85 bits per heavy atom. The average Bonchev–Trinajstić information content (AvgIpc) is 2.90. The van der Waals surface area contributed by atoms with E-state index >= 15 is 0 Å². The van der Waals surface area contributed by atoms with E-state index in [-0.39, 0.29) is 17.2 Å². The lowest BCUT2D eigenvalue weighted by atomic mass is 9.92. The summed E-state index contributed by atoms with van der Waals surface area (Å²) in [7, 11) is 1.59. The van der Waals surface area contributed by atoms with Crippen LogP contribution in [0.25, 0.3) is 22.3 Å². The van der Waals surface area contributed by atoms with Gasteiger partial charge in [0.15, 0.2) is 5.82 Å². The van der Waals surface area contributed by atoms with Gasteiger partial charge in [0.1, 0.15) is 11.6 Å². The molecular formula is C31H33ClN6O3. The summed E-state index contributed by atoms with van der Waals surface area (Å²) in [6.07, 6.45) is 4.86. The van der Waals surface area contributed by atoms with Crippen LogP contribution in [-0.2, 0) is 11.3 Å². The topological polar surface area (TPSA) is 109 Å². The number of pyridine rings is 1. The molecule has 2 N–H and O–H groups in total. The van der Waals surface area contributed by atoms with Gasteiger partial charge in [-0.2, -0.15) is 0 Å². The molecule has 0 aliphatic carbocycles. The van der Waals surface area contributed by atoms with Crippen LogP contribution in [0, 0.1) is 5.41 Å². The first-order chi connectivity index (χ1) is 19.6. The van der Waals surface area contributed by atoms with Crippen molar-refractivity contribution in [3.05, 3.63) is 71.0 Å². The van der Waals surface area contributed by atoms with Gasteiger partial charge in [-0.1, -0.05) is 38.4 Å². The molecule has 1 fully saturated rings. The van der Waals surface area contributed by atoms with Crippen LogP contribution >= 0.6 is 11.6 Å². The second kappa shape index (κ2) is 11.7. The van der Waals surface area contributed by atoms with Gasteiger partial charge in [-0.15, -0.1) is 0 Å². The van der Waals surface area contributed by atoms with Gasteiger partial charge in [-0.05, 0) is 53.8 Å². The van der Waals surface area contributed by atoms with E-state index in [1.807, 2.05) is 45.0 Å². The lowest BCUT2D eigenvalue weighted by molar-refractivity contribution is -0.122. The maximum absolute atomic E-state index is 13.3. The number of ether oxygens (including phenoxy) is 1. The number of hydrogen-bond donors (Lipinski definition) is 2. The fourth-order valence-corrected chi connectivity index (χ4v) is 4.74. The van der Waals surface area contributed by atoms with Crippen molar-refractivity contribution in [2.45, 2.75) is 40.2 Å². The Balaban J connectivity index is 1.40. The highest BCUT2D eigenvalue weighted by molar-refractivity contribution is 6.34. The normalized spacial score (nSPS) is 13.0. The molecule has 41 heavy (non-hydrogen) atoms. The molecule has 5 rings (SSSR count). The summed E-state index contributed by atoms with van der Waals surface area (Å²) < 4.78 is 5.34. The van der Waals surface area contributed by atoms with Crippen LogP contribution in [0.3, 0.4) is 0 Å². The number of nitrogens with one attached hydrogen (secondary N) is 2. The number of halogens is 1. The third kappa shape index (κ3) is 6.74. The fraction of sp³-hybridized carbons (Fsp3) is 0.323. The van der Waals surface area contributed by atoms with E-state index in [1.54, 1.807) is 37.7 Å². The first-order valence-electron chi connectivity index (χ1n) is 13.5. The number of amides is 2. The second-order valence-electron chi connectivity index (χ2n) is 11.3. The molecule has 10 heteroatoms. The number of nitrogens with zero attached hydrogens (tertiary/aromatic N) is 4. The highest BCUT2D eigenvalue weighted by Gasteiger charge is 2.22. The van der Waals surface area contributed by atoms with Gasteiger partial charge in [-0.25, -0.2) is 9.97 Å². The minimum absolute atomic E-state index is 0.0432. The van der Waals surface area contributed by atoms with E-state index in [9.17, 15) is 9.59 Å². The fourth-order valence-electron chi connectivity index (χ4n) is 4.54. The van der Waals surface area contributed by atoms with Crippen molar-refractivity contribution in [3.8, 4) is 17.1 Å². The summed E-state index contributed by atoms with van der Waals surface area (Å²) in [6.45, 7) is 8.19. The van der Waals surface area contributed by atoms with Gasteiger partial charge in [0, 0.05) is 48.9 Å². The summed E-state index contributed by atoms with van der Waals surface area (Å²) in [5.41, 5.74) is 3.00. The monoisotopic (exact) mass is 572 g/mol. The highest BCUT2D eigenvalue weighted by atomic mass is 35.5. The van der Waals surface area contributed by atoms with Crippen molar-refractivity contribution < 1.29 is 14.3 Å². The van der Waals surface area contributed by atoms with Gasteiger partial charge >= 0.3 is 0 Å². The Bertz CT molecular complexity index is 1610. The number of fused-ring (bicyclic) bond motifs is 1. The first-order valence-corrected chi connectivity index (χ1v) is 13.9. The molecule has 0 atom stereocenters. The van der Waals surface area contributed by atoms with Crippen molar-refractivity contribution >= 4 is 45.8 Å². The molecule has 1 aliphatic heterocycles. The molecule has 1 saturated heterocycles. The average molecular weight is 573 g/mol. The molecule has 2 aromatic carbocycles. The van der Waals surface area contributed by atoms with Gasteiger partial charge in [-0.3, -0.25) is 14.6 Å². The molecule has 0 unspecified atom stereocenters. The van der Waals surface area contributed by atoms with Crippen molar-refractivity contribution in [2.75, 3.05) is 30.4 Å². The standard InChI is InChI=1S/C31H33ClN6O3/c1-31(2,3)15-27(39)34-16-19-6-9-25(32)24(12-19)30(40)35-21-7-8-23-26(14-21)36-28(37-29(23)38-10-5-11-38)20-13-22(41-4)18-33-17-20/h6-9,12-14,17-18H,5,10-11,15-16H2,1-4H3,(H,34,39)(H,35,40). The third-order valence-corrected chi connectivity index (χ3v) is 7.08. The number of carbonyl (C=O) groups excluding carboxylic acids is 2. The predicted molar refractivity (Wildman–Crippen MR) is 161 cm³/mol. The molecule has 0 bridgehead atoms. The van der Waals surface area contributed by atoms with Crippen LogP contribution in [0.5, 0.6) is 5.75 Å². The van der Waals surface area contributed by atoms with Gasteiger partial charge in [0.2, 0.25) is 5.91 Å². The molecular weight excluding hydrogens is 540 g/mol. The van der Waals surface area contributed by atoms with E-state index < -0.39 is 0 Å². The van der Waals surface area contributed by atoms with Crippen molar-refractivity contribution in [2.24, 2.45) is 5.41 Å². The highest BCUT2D eigenvalue weighted by Crippen LogP contribution is 2.32. The zero-order valence-electron chi connectivity index (χ0n) is 23.6. The number of aromatic nitrogens is 3. The number of rotatable bonds is 8. The smallest absolute Gasteiger partial charge is 0.257 e. The Morgan fingerprint density at radius 3 is 2.56 bits per heavy atom. The van der Waals surface area contributed by atoms with Crippen LogP contribution in [0.15, 0.2) is 54.9 Å². The first kappa shape index (κ1) is 28.3. The Kier molecular flexibility index (Phi) is 8.08. The van der Waals surface area contributed by atoms with Crippen molar-refractivity contribution in [1.29, 1.82) is 0 Å². The van der Waals surface area contributed by atoms with Gasteiger partial charge in [0.25, 0.3) is 5.91 Å². The summed E-state index contributed by atoms with van der Waals surface area (Å²) in [6, 6.07) is 12.6. The van der Waals surface area contributed by atoms with E-state index in [1.165, 1.54) is 0 Å². The van der Waals surface area contributed by atoms with Crippen LogP contribution in [0.1, 0.15) is 49.5 Å². The number of hydrogen-bond acceptors (Lipinski definition) is 7. The molecule has 0 spiro atoms. The summed E-state index contributed by atoms with van der Waals surface area (Å²) in [4.78, 5) is 41.7. The Labute approximate surface area is 244 Å². The number of anilines is 2. The molecule has 2 amide bonds. The minimum Gasteiger partial charge on any atom is -0.495 e. The largest absolute Gasteiger partial charge is 0.495 e. The maximum Gasteiger partial charge on any atom is 0.257 e. The molecule has 0 saturated carbocycles. The second-order valence-corrected chi connectivity index (χ2v) is 11.7. The lowest BCUT2D eigenvalue weighted by Crippen LogP contribution is -2.37. The lowest BCUT2D eigenvalue weighted by Gasteiger charge is -2.33. The number of methoxy groups -OCH3 is 1. The van der Waals surface area contributed by atoms with Crippen LogP contribution in [-0.4, -0.2) is 47.0 Å². The van der Waals surface area contributed by atoms with Crippen molar-refractivity contribution in [1.82, 2.24) is 20.3 Å². The molecule has 3 heterocycles. The molecule has 212 valence electrons. The summed E-state index contributed by atoms with van der Waals surface area (Å²) in [5.74, 6) is 1.59. The number of carbonyl (C=O) groups is 2. The molecule has 2 aromatic heterocycles. The molecule has 0 radical (unpaired) electrons. The Morgan fingerprint density at radius 1 is 1.05 bits per heavy atom. The maximum atomic E-state index is 13.3.